The van der Waals surface area contributed by atoms with Crippen LogP contribution in [0.3, 0.4) is 0 Å². The van der Waals surface area contributed by atoms with Gasteiger partial charge in [0.05, 0.1) is 13.7 Å². The number of hydrogen-bond acceptors (Lipinski definition) is 3. The SMILES string of the molecule is COc1cccc(SCc2ccccc2C#CCCO)c1. The van der Waals surface area contributed by atoms with Crippen molar-refractivity contribution in [1.29, 1.82) is 0 Å². The smallest absolute Gasteiger partial charge is 0.119 e. The van der Waals surface area contributed by atoms with Gasteiger partial charge in [-0.3, -0.25) is 0 Å². The summed E-state index contributed by atoms with van der Waals surface area (Å²) in [7, 11) is 1.68. The Morgan fingerprint density at radius 2 is 2.00 bits per heavy atom. The summed E-state index contributed by atoms with van der Waals surface area (Å²) < 4.78 is 5.24. The van der Waals surface area contributed by atoms with Crippen LogP contribution >= 0.6 is 11.8 Å². The van der Waals surface area contributed by atoms with E-state index < -0.39 is 0 Å². The summed E-state index contributed by atoms with van der Waals surface area (Å²) in [6, 6.07) is 16.2. The summed E-state index contributed by atoms with van der Waals surface area (Å²) in [6.45, 7) is 0.105. The van der Waals surface area contributed by atoms with E-state index in [2.05, 4.69) is 24.0 Å². The lowest BCUT2D eigenvalue weighted by atomic mass is 10.1. The molecular formula is C18H18O2S. The molecule has 0 spiro atoms. The van der Waals surface area contributed by atoms with Crippen molar-refractivity contribution in [3.05, 3.63) is 59.7 Å². The number of hydrogen-bond donors (Lipinski definition) is 1. The Kier molecular flexibility index (Phi) is 6.21. The Hall–Kier alpha value is -1.89. The van der Waals surface area contributed by atoms with Crippen LogP contribution in [-0.2, 0) is 5.75 Å². The normalized spacial score (nSPS) is 9.81. The van der Waals surface area contributed by atoms with Gasteiger partial charge in [-0.2, -0.15) is 0 Å². The van der Waals surface area contributed by atoms with Crippen LogP contribution in [0.1, 0.15) is 17.5 Å². The molecule has 0 aliphatic heterocycles. The molecule has 0 radical (unpaired) electrons. The van der Waals surface area contributed by atoms with E-state index in [1.54, 1.807) is 18.9 Å². The molecule has 2 aromatic carbocycles. The molecule has 2 rings (SSSR count). The van der Waals surface area contributed by atoms with Gasteiger partial charge in [0, 0.05) is 22.6 Å². The van der Waals surface area contributed by atoms with Gasteiger partial charge in [-0.15, -0.1) is 11.8 Å². The molecule has 21 heavy (non-hydrogen) atoms. The molecule has 0 heterocycles. The fraction of sp³-hybridized carbons (Fsp3) is 0.222. The predicted octanol–water partition coefficient (Wildman–Crippen LogP) is 3.72. The molecule has 0 aliphatic carbocycles. The molecule has 2 nitrogen and oxygen atoms in total. The molecule has 0 fully saturated rings. The molecule has 0 atom stereocenters. The van der Waals surface area contributed by atoms with E-state index in [0.29, 0.717) is 6.42 Å². The predicted molar refractivity (Wildman–Crippen MR) is 87.6 cm³/mol. The Labute approximate surface area is 130 Å². The second kappa shape index (κ2) is 8.41. The lowest BCUT2D eigenvalue weighted by Crippen LogP contribution is -1.88. The molecule has 2 aromatic rings. The van der Waals surface area contributed by atoms with E-state index >= 15 is 0 Å². The van der Waals surface area contributed by atoms with Crippen molar-refractivity contribution in [1.82, 2.24) is 0 Å². The first kappa shape index (κ1) is 15.5. The quantitative estimate of drug-likeness (QED) is 0.674. The number of benzene rings is 2. The van der Waals surface area contributed by atoms with Crippen LogP contribution in [0, 0.1) is 11.8 Å². The van der Waals surface area contributed by atoms with Crippen molar-refractivity contribution in [2.45, 2.75) is 17.1 Å². The van der Waals surface area contributed by atoms with E-state index in [9.17, 15) is 0 Å². The third-order valence-corrected chi connectivity index (χ3v) is 3.96. The standard InChI is InChI=1S/C18H18O2S/c1-20-17-10-6-11-18(13-17)21-14-16-9-3-2-7-15(16)8-4-5-12-19/h2-3,6-7,9-11,13,19H,5,12,14H2,1H3. The number of rotatable bonds is 5. The second-order valence-electron chi connectivity index (χ2n) is 4.40. The summed E-state index contributed by atoms with van der Waals surface area (Å²) in [5.74, 6) is 7.83. The van der Waals surface area contributed by atoms with Gasteiger partial charge in [-0.1, -0.05) is 36.1 Å². The number of methoxy groups -OCH3 is 1. The molecule has 0 amide bonds. The lowest BCUT2D eigenvalue weighted by Gasteiger charge is -2.06. The van der Waals surface area contributed by atoms with Crippen LogP contribution in [0.15, 0.2) is 53.4 Å². The summed E-state index contributed by atoms with van der Waals surface area (Å²) in [6.07, 6.45) is 0.511. The van der Waals surface area contributed by atoms with E-state index in [4.69, 9.17) is 9.84 Å². The van der Waals surface area contributed by atoms with Gasteiger partial charge in [-0.25, -0.2) is 0 Å². The Morgan fingerprint density at radius 1 is 1.14 bits per heavy atom. The zero-order valence-corrected chi connectivity index (χ0v) is 12.8. The van der Waals surface area contributed by atoms with Gasteiger partial charge in [-0.05, 0) is 29.8 Å². The highest BCUT2D eigenvalue weighted by molar-refractivity contribution is 7.98. The van der Waals surface area contributed by atoms with Gasteiger partial charge >= 0.3 is 0 Å². The van der Waals surface area contributed by atoms with Gasteiger partial charge in [0.1, 0.15) is 5.75 Å². The monoisotopic (exact) mass is 298 g/mol. The highest BCUT2D eigenvalue weighted by atomic mass is 32.2. The molecule has 108 valence electrons. The van der Waals surface area contributed by atoms with E-state index in [-0.39, 0.29) is 6.61 Å². The molecule has 0 aromatic heterocycles. The summed E-state index contributed by atoms with van der Waals surface area (Å²) in [5.41, 5.74) is 2.23. The summed E-state index contributed by atoms with van der Waals surface area (Å²) >= 11 is 1.76. The number of aliphatic hydroxyl groups is 1. The van der Waals surface area contributed by atoms with Crippen molar-refractivity contribution >= 4 is 11.8 Å². The molecule has 0 saturated heterocycles. The van der Waals surface area contributed by atoms with Crippen LogP contribution in [0.4, 0.5) is 0 Å². The summed E-state index contributed by atoms with van der Waals surface area (Å²) in [5, 5.41) is 8.80. The third kappa shape index (κ3) is 4.86. The average molecular weight is 298 g/mol. The zero-order valence-electron chi connectivity index (χ0n) is 12.0. The van der Waals surface area contributed by atoms with Crippen LogP contribution in [0.5, 0.6) is 5.75 Å². The van der Waals surface area contributed by atoms with Gasteiger partial charge in [0.15, 0.2) is 0 Å². The average Bonchev–Trinajstić information content (AvgIpc) is 2.54. The van der Waals surface area contributed by atoms with Crippen LogP contribution in [0.25, 0.3) is 0 Å². The minimum atomic E-state index is 0.105. The second-order valence-corrected chi connectivity index (χ2v) is 5.45. The third-order valence-electron chi connectivity index (χ3n) is 2.91. The molecule has 3 heteroatoms. The molecule has 0 bridgehead atoms. The molecule has 0 unspecified atom stereocenters. The van der Waals surface area contributed by atoms with Crippen LogP contribution in [-0.4, -0.2) is 18.8 Å². The molecule has 1 N–H and O–H groups in total. The minimum Gasteiger partial charge on any atom is -0.497 e. The van der Waals surface area contributed by atoms with Gasteiger partial charge in [0.2, 0.25) is 0 Å². The highest BCUT2D eigenvalue weighted by Crippen LogP contribution is 2.27. The fourth-order valence-electron chi connectivity index (χ4n) is 1.83. The van der Waals surface area contributed by atoms with Crippen LogP contribution < -0.4 is 4.74 Å². The van der Waals surface area contributed by atoms with Crippen molar-refractivity contribution < 1.29 is 9.84 Å². The van der Waals surface area contributed by atoms with Gasteiger partial charge < -0.3 is 9.84 Å². The topological polar surface area (TPSA) is 29.5 Å². The molecular weight excluding hydrogens is 280 g/mol. The van der Waals surface area contributed by atoms with Crippen molar-refractivity contribution in [3.8, 4) is 17.6 Å². The van der Waals surface area contributed by atoms with Crippen molar-refractivity contribution in [3.63, 3.8) is 0 Å². The maximum Gasteiger partial charge on any atom is 0.119 e. The summed E-state index contributed by atoms with van der Waals surface area (Å²) in [4.78, 5) is 1.17. The Bertz CT molecular complexity index is 641. The Morgan fingerprint density at radius 3 is 2.81 bits per heavy atom. The highest BCUT2D eigenvalue weighted by Gasteiger charge is 2.02. The maximum atomic E-state index is 8.80. The first-order valence-corrected chi connectivity index (χ1v) is 7.76. The van der Waals surface area contributed by atoms with E-state index in [1.807, 2.05) is 36.4 Å². The largest absolute Gasteiger partial charge is 0.497 e. The fourth-order valence-corrected chi connectivity index (χ4v) is 2.78. The molecule has 0 saturated carbocycles. The van der Waals surface area contributed by atoms with E-state index in [1.165, 1.54) is 10.5 Å². The van der Waals surface area contributed by atoms with Crippen molar-refractivity contribution in [2.24, 2.45) is 0 Å². The van der Waals surface area contributed by atoms with E-state index in [0.717, 1.165) is 17.1 Å². The number of aliphatic hydroxyl groups excluding tert-OH is 1. The lowest BCUT2D eigenvalue weighted by molar-refractivity contribution is 0.305. The minimum absolute atomic E-state index is 0.105. The molecule has 0 aliphatic rings. The zero-order chi connectivity index (χ0) is 14.9. The first-order chi connectivity index (χ1) is 10.3. The Balaban J connectivity index is 2.07. The van der Waals surface area contributed by atoms with Gasteiger partial charge in [0.25, 0.3) is 0 Å². The number of thioether (sulfide) groups is 1. The number of ether oxygens (including phenoxy) is 1. The van der Waals surface area contributed by atoms with Crippen molar-refractivity contribution in [2.75, 3.05) is 13.7 Å². The van der Waals surface area contributed by atoms with Crippen LogP contribution in [0.2, 0.25) is 0 Å². The first-order valence-electron chi connectivity index (χ1n) is 6.78. The maximum absolute atomic E-state index is 8.80.